The monoisotopic (exact) mass is 616 g/mol. The summed E-state index contributed by atoms with van der Waals surface area (Å²) in [6.45, 7) is 5.49. The minimum atomic E-state index is -1.30. The van der Waals surface area contributed by atoms with Gasteiger partial charge in [0.05, 0.1) is 36.2 Å². The number of para-hydroxylation sites is 1. The van der Waals surface area contributed by atoms with Gasteiger partial charge in [-0.1, -0.05) is 60.7 Å². The number of aryl methyl sites for hydroxylation is 1. The maximum Gasteiger partial charge on any atom is 0.317 e. The summed E-state index contributed by atoms with van der Waals surface area (Å²) in [6.07, 6.45) is 0. The molecule has 0 bridgehead atoms. The first-order chi connectivity index (χ1) is 22.3. The molecule has 9 nitrogen and oxygen atoms in total. The van der Waals surface area contributed by atoms with Gasteiger partial charge in [-0.15, -0.1) is 0 Å². The number of carbonyl (C=O) groups excluding carboxylic acids is 3. The SMILES string of the molecule is CCOC(=O)C1C(=O)c2c(-c3ccc(N(C)C)cc3)nc3c(c(C)nn3-c3ccccc3)c2C(C(=O)OCC)C1c1ccccc1. The lowest BCUT2D eigenvalue weighted by molar-refractivity contribution is -0.150. The Morgan fingerprint density at radius 3 is 2.00 bits per heavy atom. The highest BCUT2D eigenvalue weighted by molar-refractivity contribution is 6.18. The lowest BCUT2D eigenvalue weighted by Crippen LogP contribution is -2.43. The van der Waals surface area contributed by atoms with Crippen LogP contribution in [0.4, 0.5) is 5.69 Å². The number of anilines is 1. The fraction of sp³-hybridized carbons (Fsp3) is 0.270. The first kappa shape index (κ1) is 30.7. The van der Waals surface area contributed by atoms with Gasteiger partial charge in [0.25, 0.3) is 0 Å². The summed E-state index contributed by atoms with van der Waals surface area (Å²) in [5.74, 6) is -4.88. The van der Waals surface area contributed by atoms with Crippen molar-refractivity contribution in [2.45, 2.75) is 32.6 Å². The first-order valence-corrected chi connectivity index (χ1v) is 15.5. The van der Waals surface area contributed by atoms with Gasteiger partial charge >= 0.3 is 11.9 Å². The molecule has 0 saturated heterocycles. The highest BCUT2D eigenvalue weighted by atomic mass is 16.5. The zero-order valence-corrected chi connectivity index (χ0v) is 26.6. The van der Waals surface area contributed by atoms with Gasteiger partial charge < -0.3 is 14.4 Å². The molecule has 0 radical (unpaired) electrons. The summed E-state index contributed by atoms with van der Waals surface area (Å²) >= 11 is 0. The Kier molecular flexibility index (Phi) is 8.41. The Balaban J connectivity index is 1.76. The number of Topliss-reactive ketones (excluding diaryl/α,β-unsaturated/α-hetero) is 1. The molecular formula is C37H36N4O5. The molecule has 3 aromatic carbocycles. The molecule has 6 rings (SSSR count). The van der Waals surface area contributed by atoms with Crippen molar-refractivity contribution in [3.05, 3.63) is 107 Å². The van der Waals surface area contributed by atoms with Crippen molar-refractivity contribution in [1.82, 2.24) is 14.8 Å². The number of ether oxygens (including phenoxy) is 2. The molecule has 2 aromatic heterocycles. The van der Waals surface area contributed by atoms with Crippen LogP contribution in [0, 0.1) is 12.8 Å². The van der Waals surface area contributed by atoms with Crippen molar-refractivity contribution in [3.8, 4) is 16.9 Å². The summed E-state index contributed by atoms with van der Waals surface area (Å²) in [4.78, 5) is 50.0. The predicted octanol–water partition coefficient (Wildman–Crippen LogP) is 6.27. The molecule has 0 aliphatic heterocycles. The number of ketones is 1. The van der Waals surface area contributed by atoms with E-state index in [1.165, 1.54) is 0 Å². The average molecular weight is 617 g/mol. The fourth-order valence-corrected chi connectivity index (χ4v) is 6.52. The zero-order valence-electron chi connectivity index (χ0n) is 26.6. The molecule has 0 N–H and O–H groups in total. The number of benzene rings is 3. The Morgan fingerprint density at radius 1 is 0.826 bits per heavy atom. The Labute approximate surface area is 267 Å². The van der Waals surface area contributed by atoms with E-state index in [0.29, 0.717) is 39.1 Å². The highest BCUT2D eigenvalue weighted by Gasteiger charge is 2.53. The number of carbonyl (C=O) groups is 3. The molecule has 3 unspecified atom stereocenters. The van der Waals surface area contributed by atoms with Crippen LogP contribution in [0.3, 0.4) is 0 Å². The van der Waals surface area contributed by atoms with Crippen LogP contribution < -0.4 is 4.90 Å². The third kappa shape index (κ3) is 5.21. The van der Waals surface area contributed by atoms with Gasteiger partial charge in [-0.25, -0.2) is 9.67 Å². The van der Waals surface area contributed by atoms with E-state index >= 15 is 0 Å². The van der Waals surface area contributed by atoms with Crippen LogP contribution in [0.5, 0.6) is 0 Å². The molecule has 3 atom stereocenters. The molecule has 0 amide bonds. The van der Waals surface area contributed by atoms with E-state index in [0.717, 1.165) is 11.4 Å². The molecule has 5 aromatic rings. The van der Waals surface area contributed by atoms with E-state index < -0.39 is 35.5 Å². The van der Waals surface area contributed by atoms with Crippen molar-refractivity contribution in [2.75, 3.05) is 32.2 Å². The second-order valence-corrected chi connectivity index (χ2v) is 11.5. The minimum Gasteiger partial charge on any atom is -0.466 e. The number of fused-ring (bicyclic) bond motifs is 3. The van der Waals surface area contributed by atoms with Crippen molar-refractivity contribution < 1.29 is 23.9 Å². The van der Waals surface area contributed by atoms with E-state index in [4.69, 9.17) is 19.6 Å². The number of esters is 2. The van der Waals surface area contributed by atoms with Crippen LogP contribution in [0.2, 0.25) is 0 Å². The molecular weight excluding hydrogens is 580 g/mol. The molecule has 1 aliphatic rings. The Hall–Kier alpha value is -5.31. The normalized spacial score (nSPS) is 17.4. The van der Waals surface area contributed by atoms with E-state index in [1.54, 1.807) is 18.5 Å². The van der Waals surface area contributed by atoms with E-state index in [9.17, 15) is 14.4 Å². The van der Waals surface area contributed by atoms with Gasteiger partial charge in [-0.3, -0.25) is 14.4 Å². The van der Waals surface area contributed by atoms with Gasteiger partial charge in [-0.05, 0) is 56.2 Å². The summed E-state index contributed by atoms with van der Waals surface area (Å²) < 4.78 is 13.0. The van der Waals surface area contributed by atoms with Gasteiger partial charge in [0, 0.05) is 42.2 Å². The molecule has 0 saturated carbocycles. The third-order valence-corrected chi connectivity index (χ3v) is 8.51. The quantitative estimate of drug-likeness (QED) is 0.149. The van der Waals surface area contributed by atoms with E-state index in [-0.39, 0.29) is 18.8 Å². The fourth-order valence-electron chi connectivity index (χ4n) is 6.52. The van der Waals surface area contributed by atoms with Gasteiger partial charge in [0.15, 0.2) is 11.4 Å². The van der Waals surface area contributed by atoms with E-state index in [2.05, 4.69) is 0 Å². The van der Waals surface area contributed by atoms with Gasteiger partial charge in [-0.2, -0.15) is 5.10 Å². The molecule has 1 aliphatic carbocycles. The lowest BCUT2D eigenvalue weighted by Gasteiger charge is -2.37. The molecule has 234 valence electrons. The van der Waals surface area contributed by atoms with Crippen molar-refractivity contribution in [2.24, 2.45) is 5.92 Å². The molecule has 0 fully saturated rings. The summed E-state index contributed by atoms with van der Waals surface area (Å²) in [7, 11) is 3.90. The van der Waals surface area contributed by atoms with Gasteiger partial charge in [0.2, 0.25) is 0 Å². The standard InChI is InChI=1S/C37H36N4O5/c1-6-45-36(43)30-28(23-14-10-8-11-15-23)32(37(44)46-7-2)34(42)31-29(30)27-22(3)39-41(26-16-12-9-13-17-26)35(27)38-33(31)24-18-20-25(21-19-24)40(4)5/h8-21,28,30,32H,6-7H2,1-5H3. The zero-order chi connectivity index (χ0) is 32.5. The van der Waals surface area contributed by atoms with Crippen LogP contribution in [0.15, 0.2) is 84.9 Å². The van der Waals surface area contributed by atoms with Crippen LogP contribution >= 0.6 is 0 Å². The highest BCUT2D eigenvalue weighted by Crippen LogP contribution is 2.51. The van der Waals surface area contributed by atoms with Crippen molar-refractivity contribution >= 4 is 34.4 Å². The smallest absolute Gasteiger partial charge is 0.317 e. The number of hydrogen-bond donors (Lipinski definition) is 0. The Morgan fingerprint density at radius 2 is 1.41 bits per heavy atom. The molecule has 46 heavy (non-hydrogen) atoms. The number of aromatic nitrogens is 3. The van der Waals surface area contributed by atoms with Gasteiger partial charge in [0.1, 0.15) is 5.92 Å². The van der Waals surface area contributed by atoms with Crippen molar-refractivity contribution in [3.63, 3.8) is 0 Å². The number of hydrogen-bond acceptors (Lipinski definition) is 8. The predicted molar refractivity (Wildman–Crippen MR) is 176 cm³/mol. The Bertz CT molecular complexity index is 1920. The average Bonchev–Trinajstić information content (AvgIpc) is 3.41. The molecule has 9 heteroatoms. The molecule has 0 spiro atoms. The lowest BCUT2D eigenvalue weighted by atomic mass is 9.64. The molecule has 2 heterocycles. The minimum absolute atomic E-state index is 0.0835. The maximum absolute atomic E-state index is 14.9. The van der Waals surface area contributed by atoms with Crippen LogP contribution in [0.25, 0.3) is 28.0 Å². The van der Waals surface area contributed by atoms with Crippen molar-refractivity contribution in [1.29, 1.82) is 0 Å². The first-order valence-electron chi connectivity index (χ1n) is 15.5. The topological polar surface area (TPSA) is 104 Å². The second-order valence-electron chi connectivity index (χ2n) is 11.5. The number of rotatable bonds is 8. The van der Waals surface area contributed by atoms with Crippen LogP contribution in [-0.2, 0) is 19.1 Å². The van der Waals surface area contributed by atoms with Crippen LogP contribution in [0.1, 0.15) is 52.9 Å². The maximum atomic E-state index is 14.9. The largest absolute Gasteiger partial charge is 0.466 e. The number of pyridine rings is 1. The number of nitrogens with zero attached hydrogens (tertiary/aromatic N) is 4. The van der Waals surface area contributed by atoms with E-state index in [1.807, 2.05) is 111 Å². The third-order valence-electron chi connectivity index (χ3n) is 8.51. The second kappa shape index (κ2) is 12.6. The van der Waals surface area contributed by atoms with Crippen LogP contribution in [-0.4, -0.2) is 59.8 Å². The summed E-state index contributed by atoms with van der Waals surface area (Å²) in [5, 5.41) is 5.46. The summed E-state index contributed by atoms with van der Waals surface area (Å²) in [6, 6.07) is 26.5. The summed E-state index contributed by atoms with van der Waals surface area (Å²) in [5.41, 5.74) is 5.21.